The topological polar surface area (TPSA) is 78.4 Å². The van der Waals surface area contributed by atoms with Gasteiger partial charge in [-0.25, -0.2) is 9.97 Å². The van der Waals surface area contributed by atoms with E-state index in [1.807, 2.05) is 17.9 Å². The standard InChI is InChI=1S/C18H27N5O2/c1-12(2)17-20-13(3)10-15(21-17)22-6-8-23(9-7-22)18(25)14-4-5-16(24)19-11-14/h10,12,14H,4-9,11H2,1-3H3,(H,19,24). The van der Waals surface area contributed by atoms with Crippen LogP contribution in [-0.4, -0.2) is 59.4 Å². The van der Waals surface area contributed by atoms with E-state index in [1.54, 1.807) is 0 Å². The molecule has 7 nitrogen and oxygen atoms in total. The number of carbonyl (C=O) groups is 2. The van der Waals surface area contributed by atoms with Crippen molar-refractivity contribution in [2.75, 3.05) is 37.6 Å². The molecule has 2 saturated heterocycles. The molecule has 2 aliphatic rings. The number of hydrogen-bond donors (Lipinski definition) is 1. The molecule has 1 unspecified atom stereocenters. The molecule has 0 bridgehead atoms. The first-order valence-electron chi connectivity index (χ1n) is 9.10. The van der Waals surface area contributed by atoms with Crippen molar-refractivity contribution in [1.82, 2.24) is 20.2 Å². The van der Waals surface area contributed by atoms with E-state index in [4.69, 9.17) is 0 Å². The summed E-state index contributed by atoms with van der Waals surface area (Å²) >= 11 is 0. The van der Waals surface area contributed by atoms with Crippen LogP contribution < -0.4 is 10.2 Å². The second-order valence-corrected chi connectivity index (χ2v) is 7.23. The van der Waals surface area contributed by atoms with Crippen LogP contribution in [0.3, 0.4) is 0 Å². The Morgan fingerprint density at radius 2 is 1.96 bits per heavy atom. The Hall–Kier alpha value is -2.18. The number of rotatable bonds is 3. The molecule has 0 radical (unpaired) electrons. The molecule has 0 aromatic carbocycles. The highest BCUT2D eigenvalue weighted by molar-refractivity contribution is 5.84. The highest BCUT2D eigenvalue weighted by Gasteiger charge is 2.30. The summed E-state index contributed by atoms with van der Waals surface area (Å²) in [7, 11) is 0. The van der Waals surface area contributed by atoms with Gasteiger partial charge in [0.25, 0.3) is 0 Å². The third-order valence-corrected chi connectivity index (χ3v) is 4.90. The molecule has 1 N–H and O–H groups in total. The quantitative estimate of drug-likeness (QED) is 0.887. The summed E-state index contributed by atoms with van der Waals surface area (Å²) in [5, 5.41) is 2.80. The molecular weight excluding hydrogens is 318 g/mol. The van der Waals surface area contributed by atoms with Crippen LogP contribution in [-0.2, 0) is 9.59 Å². The highest BCUT2D eigenvalue weighted by atomic mass is 16.2. The Balaban J connectivity index is 1.60. The van der Waals surface area contributed by atoms with E-state index in [9.17, 15) is 9.59 Å². The summed E-state index contributed by atoms with van der Waals surface area (Å²) in [6, 6.07) is 2.01. The number of nitrogens with zero attached hydrogens (tertiary/aromatic N) is 4. The van der Waals surface area contributed by atoms with Gasteiger partial charge in [-0.3, -0.25) is 9.59 Å². The summed E-state index contributed by atoms with van der Waals surface area (Å²) in [5.74, 6) is 2.26. The molecule has 0 spiro atoms. The number of carbonyl (C=O) groups excluding carboxylic acids is 2. The third-order valence-electron chi connectivity index (χ3n) is 4.90. The van der Waals surface area contributed by atoms with Gasteiger partial charge in [-0.05, 0) is 13.3 Å². The Morgan fingerprint density at radius 1 is 1.24 bits per heavy atom. The summed E-state index contributed by atoms with van der Waals surface area (Å²) < 4.78 is 0. The predicted octanol–water partition coefficient (Wildman–Crippen LogP) is 1.08. The van der Waals surface area contributed by atoms with E-state index in [0.29, 0.717) is 38.4 Å². The van der Waals surface area contributed by atoms with Gasteiger partial charge < -0.3 is 15.1 Å². The van der Waals surface area contributed by atoms with E-state index >= 15 is 0 Å². The maximum Gasteiger partial charge on any atom is 0.227 e. The van der Waals surface area contributed by atoms with E-state index in [1.165, 1.54) is 0 Å². The first kappa shape index (κ1) is 17.6. The number of nitrogens with one attached hydrogen (secondary N) is 1. The first-order valence-corrected chi connectivity index (χ1v) is 9.10. The smallest absolute Gasteiger partial charge is 0.227 e. The zero-order valence-corrected chi connectivity index (χ0v) is 15.3. The second kappa shape index (κ2) is 7.37. The SMILES string of the molecule is Cc1cc(N2CCN(C(=O)C3CCC(=O)NC3)CC2)nc(C(C)C)n1. The van der Waals surface area contributed by atoms with Gasteiger partial charge in [-0.2, -0.15) is 0 Å². The molecule has 2 aliphatic heterocycles. The monoisotopic (exact) mass is 345 g/mol. The maximum atomic E-state index is 12.6. The second-order valence-electron chi connectivity index (χ2n) is 7.23. The molecule has 136 valence electrons. The molecule has 3 heterocycles. The van der Waals surface area contributed by atoms with Crippen LogP contribution in [0.25, 0.3) is 0 Å². The largest absolute Gasteiger partial charge is 0.355 e. The highest BCUT2D eigenvalue weighted by Crippen LogP contribution is 2.20. The van der Waals surface area contributed by atoms with E-state index < -0.39 is 0 Å². The molecule has 0 aliphatic carbocycles. The Morgan fingerprint density at radius 3 is 2.56 bits per heavy atom. The van der Waals surface area contributed by atoms with E-state index in [2.05, 4.69) is 34.0 Å². The van der Waals surface area contributed by atoms with Crippen LogP contribution in [0.15, 0.2) is 6.07 Å². The molecule has 2 fully saturated rings. The molecule has 3 rings (SSSR count). The van der Waals surface area contributed by atoms with Crippen molar-refractivity contribution in [3.63, 3.8) is 0 Å². The fourth-order valence-corrected chi connectivity index (χ4v) is 3.35. The van der Waals surface area contributed by atoms with Crippen LogP contribution in [0.4, 0.5) is 5.82 Å². The summed E-state index contributed by atoms with van der Waals surface area (Å²) in [4.78, 5) is 37.2. The van der Waals surface area contributed by atoms with Crippen LogP contribution in [0.5, 0.6) is 0 Å². The molecule has 1 aromatic heterocycles. The van der Waals surface area contributed by atoms with Crippen LogP contribution in [0.2, 0.25) is 0 Å². The Kier molecular flexibility index (Phi) is 5.20. The average molecular weight is 345 g/mol. The molecule has 2 amide bonds. The van der Waals surface area contributed by atoms with Gasteiger partial charge in [-0.1, -0.05) is 13.8 Å². The lowest BCUT2D eigenvalue weighted by Gasteiger charge is -2.37. The van der Waals surface area contributed by atoms with Gasteiger partial charge in [-0.15, -0.1) is 0 Å². The number of piperidine rings is 1. The number of anilines is 1. The van der Waals surface area contributed by atoms with Crippen molar-refractivity contribution in [2.45, 2.75) is 39.5 Å². The molecule has 1 atom stereocenters. The van der Waals surface area contributed by atoms with Gasteiger partial charge >= 0.3 is 0 Å². The van der Waals surface area contributed by atoms with Gasteiger partial charge in [0.1, 0.15) is 11.6 Å². The van der Waals surface area contributed by atoms with Gasteiger partial charge in [0.05, 0.1) is 5.92 Å². The zero-order valence-electron chi connectivity index (χ0n) is 15.3. The summed E-state index contributed by atoms with van der Waals surface area (Å²) in [5.41, 5.74) is 0.977. The molecular formula is C18H27N5O2. The molecule has 0 saturated carbocycles. The van der Waals surface area contributed by atoms with Crippen molar-refractivity contribution in [1.29, 1.82) is 0 Å². The van der Waals surface area contributed by atoms with Crippen LogP contribution in [0.1, 0.15) is 44.1 Å². The lowest BCUT2D eigenvalue weighted by molar-refractivity contribution is -0.137. The number of amides is 2. The van der Waals surface area contributed by atoms with E-state index in [0.717, 1.165) is 30.4 Å². The first-order chi connectivity index (χ1) is 11.9. The molecule has 1 aromatic rings. The summed E-state index contributed by atoms with van der Waals surface area (Å²) in [6.45, 7) is 9.61. The van der Waals surface area contributed by atoms with Crippen molar-refractivity contribution >= 4 is 17.6 Å². The summed E-state index contributed by atoms with van der Waals surface area (Å²) in [6.07, 6.45) is 1.11. The van der Waals surface area contributed by atoms with Crippen molar-refractivity contribution in [3.05, 3.63) is 17.6 Å². The van der Waals surface area contributed by atoms with Crippen molar-refractivity contribution in [2.24, 2.45) is 5.92 Å². The maximum absolute atomic E-state index is 12.6. The van der Waals surface area contributed by atoms with Gasteiger partial charge in [0.15, 0.2) is 0 Å². The fraction of sp³-hybridized carbons (Fsp3) is 0.667. The minimum atomic E-state index is -0.0712. The van der Waals surface area contributed by atoms with Crippen molar-refractivity contribution < 1.29 is 9.59 Å². The van der Waals surface area contributed by atoms with Crippen LogP contribution in [0, 0.1) is 12.8 Å². The number of aromatic nitrogens is 2. The van der Waals surface area contributed by atoms with Crippen LogP contribution >= 0.6 is 0 Å². The number of piperazine rings is 1. The molecule has 7 heteroatoms. The van der Waals surface area contributed by atoms with Gasteiger partial charge in [0.2, 0.25) is 11.8 Å². The zero-order chi connectivity index (χ0) is 18.0. The average Bonchev–Trinajstić information content (AvgIpc) is 2.61. The lowest BCUT2D eigenvalue weighted by atomic mass is 9.97. The lowest BCUT2D eigenvalue weighted by Crippen LogP contribution is -2.52. The molecule has 25 heavy (non-hydrogen) atoms. The third kappa shape index (κ3) is 4.08. The number of aryl methyl sites for hydroxylation is 1. The number of hydrogen-bond acceptors (Lipinski definition) is 5. The van der Waals surface area contributed by atoms with E-state index in [-0.39, 0.29) is 17.7 Å². The Labute approximate surface area is 148 Å². The minimum Gasteiger partial charge on any atom is -0.355 e. The van der Waals surface area contributed by atoms with Gasteiger partial charge in [0, 0.05) is 56.8 Å². The fourth-order valence-electron chi connectivity index (χ4n) is 3.35. The Bertz CT molecular complexity index is 643. The van der Waals surface area contributed by atoms with Crippen molar-refractivity contribution in [3.8, 4) is 0 Å². The predicted molar refractivity (Wildman–Crippen MR) is 95.4 cm³/mol. The minimum absolute atomic E-state index is 0.0500. The normalized spacial score (nSPS) is 21.4.